The van der Waals surface area contributed by atoms with E-state index in [0.29, 0.717) is 17.4 Å². The fourth-order valence-corrected chi connectivity index (χ4v) is 9.56. The van der Waals surface area contributed by atoms with E-state index in [2.05, 4.69) is 111 Å². The lowest BCUT2D eigenvalue weighted by Gasteiger charge is -2.27. The van der Waals surface area contributed by atoms with Gasteiger partial charge in [0.05, 0.1) is 33.8 Å². The largest absolute Gasteiger partial charge is 0.472 e. The summed E-state index contributed by atoms with van der Waals surface area (Å²) in [6.07, 6.45) is 76.9. The Morgan fingerprint density at radius 3 is 1.27 bits per heavy atom. The third-order valence-electron chi connectivity index (χ3n) is 13.8. The lowest BCUT2D eigenvalue weighted by Crippen LogP contribution is -2.47. The number of carbonyl (C=O) groups excluding carboxylic acids is 2. The predicted molar refractivity (Wildman–Crippen MR) is 337 cm³/mol. The molecule has 9 nitrogen and oxygen atoms in total. The van der Waals surface area contributed by atoms with E-state index in [0.717, 1.165) is 96.3 Å². The van der Waals surface area contributed by atoms with Gasteiger partial charge in [0, 0.05) is 12.8 Å². The SMILES string of the molecule is CC/C=C\C/C=C\C/C=C\C/C=C\C/C=C\CCCCCC(=O)NC(COP(=O)(O)OCC[N+](C)(C)C)C(/C=C/CCCCCCCCCCCC)OC(=O)CCCCCCCCCCCCC/C=C\C/C=C\CCCCC. The zero-order valence-corrected chi connectivity index (χ0v) is 52.3. The van der Waals surface area contributed by atoms with Gasteiger partial charge in [0.2, 0.25) is 5.91 Å². The van der Waals surface area contributed by atoms with Gasteiger partial charge in [-0.2, -0.15) is 0 Å². The summed E-state index contributed by atoms with van der Waals surface area (Å²) in [5.74, 6) is -0.546. The number of esters is 1. The van der Waals surface area contributed by atoms with E-state index in [-0.39, 0.29) is 37.9 Å². The molecule has 0 spiro atoms. The fourth-order valence-electron chi connectivity index (χ4n) is 8.82. The average Bonchev–Trinajstić information content (AvgIpc) is 3.40. The molecule has 450 valence electrons. The van der Waals surface area contributed by atoms with E-state index in [1.165, 1.54) is 135 Å². The second-order valence-electron chi connectivity index (χ2n) is 22.5. The minimum Gasteiger partial charge on any atom is -0.456 e. The van der Waals surface area contributed by atoms with Crippen LogP contribution >= 0.6 is 7.82 Å². The maximum Gasteiger partial charge on any atom is 0.472 e. The Morgan fingerprint density at radius 1 is 0.462 bits per heavy atom. The van der Waals surface area contributed by atoms with Crippen LogP contribution < -0.4 is 5.32 Å². The minimum absolute atomic E-state index is 0.0291. The standard InChI is InChI=1S/C68H121N2O7P/c1-7-10-13-16-19-22-25-28-30-32-34-35-37-39-41-43-46-49-52-55-58-61-68(72)77-66(59-56-53-50-47-44-27-24-21-18-15-12-9-3)65(64-76-78(73,74)75-63-62-70(4,5)6)69-67(71)60-57-54-51-48-45-42-40-38-36-33-31-29-26-23-20-17-14-11-8-2/h11,14,19-20,22-23,28-31,36,38,42,45,56,59,65-66H,7-10,12-13,15-18,21,24-27,32-35,37,39-41,43-44,46-55,57-58,60-64H2,1-6H3,(H-,69,71,73,74)/p+1/b14-11-,22-19-,23-20-,30-28-,31-29-,38-36-,45-42-,59-56+. The molecule has 0 radical (unpaired) electrons. The fraction of sp³-hybridized carbons (Fsp3) is 0.735. The summed E-state index contributed by atoms with van der Waals surface area (Å²) in [6.45, 7) is 6.85. The van der Waals surface area contributed by atoms with E-state index in [1.54, 1.807) is 0 Å². The van der Waals surface area contributed by atoms with Crippen molar-refractivity contribution in [3.8, 4) is 0 Å². The highest BCUT2D eigenvalue weighted by Gasteiger charge is 2.30. The van der Waals surface area contributed by atoms with Crippen LogP contribution in [0.4, 0.5) is 0 Å². The summed E-state index contributed by atoms with van der Waals surface area (Å²) in [6, 6.07) is -0.872. The first-order valence-corrected chi connectivity index (χ1v) is 33.6. The van der Waals surface area contributed by atoms with Crippen LogP contribution in [0.5, 0.6) is 0 Å². The Hall–Kier alpha value is -3.07. The molecule has 78 heavy (non-hydrogen) atoms. The molecule has 0 rings (SSSR count). The van der Waals surface area contributed by atoms with E-state index in [4.69, 9.17) is 13.8 Å². The van der Waals surface area contributed by atoms with Crippen LogP contribution in [0, 0.1) is 0 Å². The molecule has 0 bridgehead atoms. The number of ether oxygens (including phenoxy) is 1. The molecule has 0 aromatic carbocycles. The maximum absolute atomic E-state index is 13.5. The summed E-state index contributed by atoms with van der Waals surface area (Å²) in [5.41, 5.74) is 0. The molecular weight excluding hydrogens is 988 g/mol. The average molecular weight is 1110 g/mol. The number of phosphoric ester groups is 1. The Balaban J connectivity index is 5.27. The van der Waals surface area contributed by atoms with Crippen LogP contribution in [-0.2, 0) is 27.9 Å². The third-order valence-corrected chi connectivity index (χ3v) is 14.7. The van der Waals surface area contributed by atoms with E-state index in [1.807, 2.05) is 33.3 Å². The molecule has 0 fully saturated rings. The molecule has 3 atom stereocenters. The van der Waals surface area contributed by atoms with Crippen molar-refractivity contribution in [1.82, 2.24) is 5.32 Å². The lowest BCUT2D eigenvalue weighted by atomic mass is 10.0. The number of phosphoric acid groups is 1. The third kappa shape index (κ3) is 57.6. The summed E-state index contributed by atoms with van der Waals surface area (Å²) < 4.78 is 30.7. The lowest BCUT2D eigenvalue weighted by molar-refractivity contribution is -0.870. The van der Waals surface area contributed by atoms with Crippen molar-refractivity contribution in [2.75, 3.05) is 40.9 Å². The van der Waals surface area contributed by atoms with Crippen LogP contribution in [0.3, 0.4) is 0 Å². The number of nitrogens with zero attached hydrogens (tertiary/aromatic N) is 1. The van der Waals surface area contributed by atoms with Gasteiger partial charge in [-0.05, 0) is 109 Å². The Bertz CT molecular complexity index is 1660. The number of allylic oxidation sites excluding steroid dienone is 15. The molecule has 0 aromatic rings. The van der Waals surface area contributed by atoms with Gasteiger partial charge in [-0.15, -0.1) is 0 Å². The number of rotatable bonds is 57. The van der Waals surface area contributed by atoms with Gasteiger partial charge < -0.3 is 19.4 Å². The van der Waals surface area contributed by atoms with Gasteiger partial charge in [0.25, 0.3) is 0 Å². The zero-order chi connectivity index (χ0) is 57.2. The molecule has 0 aliphatic rings. The predicted octanol–water partition coefficient (Wildman–Crippen LogP) is 19.9. The van der Waals surface area contributed by atoms with E-state index in [9.17, 15) is 19.0 Å². The molecule has 0 heterocycles. The van der Waals surface area contributed by atoms with Crippen molar-refractivity contribution in [3.63, 3.8) is 0 Å². The number of likely N-dealkylation sites (N-methyl/N-ethyl adjacent to an activating group) is 1. The van der Waals surface area contributed by atoms with Crippen LogP contribution in [0.2, 0.25) is 0 Å². The number of amides is 1. The summed E-state index contributed by atoms with van der Waals surface area (Å²) in [5, 5.41) is 3.04. The Morgan fingerprint density at radius 2 is 0.821 bits per heavy atom. The molecule has 2 N–H and O–H groups in total. The normalized spacial score (nSPS) is 14.3. The van der Waals surface area contributed by atoms with Crippen LogP contribution in [-0.4, -0.2) is 74.3 Å². The highest BCUT2D eigenvalue weighted by Crippen LogP contribution is 2.43. The molecule has 1 amide bonds. The first-order valence-electron chi connectivity index (χ1n) is 32.1. The number of hydrogen-bond acceptors (Lipinski definition) is 6. The van der Waals surface area contributed by atoms with Crippen LogP contribution in [0.1, 0.15) is 271 Å². The molecule has 10 heteroatoms. The Kier molecular flexibility index (Phi) is 54.9. The van der Waals surface area contributed by atoms with Gasteiger partial charge in [-0.1, -0.05) is 247 Å². The van der Waals surface area contributed by atoms with Crippen LogP contribution in [0.15, 0.2) is 97.2 Å². The maximum atomic E-state index is 13.5. The molecule has 0 saturated carbocycles. The molecule has 3 unspecified atom stereocenters. The quantitative estimate of drug-likeness (QED) is 0.0205. The minimum atomic E-state index is -4.46. The van der Waals surface area contributed by atoms with Crippen molar-refractivity contribution in [1.29, 1.82) is 0 Å². The van der Waals surface area contributed by atoms with Gasteiger partial charge in [0.15, 0.2) is 0 Å². The van der Waals surface area contributed by atoms with Crippen molar-refractivity contribution >= 4 is 19.7 Å². The first kappa shape index (κ1) is 74.9. The van der Waals surface area contributed by atoms with Gasteiger partial charge in [0.1, 0.15) is 19.3 Å². The van der Waals surface area contributed by atoms with Crippen molar-refractivity contribution in [2.45, 2.75) is 283 Å². The van der Waals surface area contributed by atoms with Gasteiger partial charge >= 0.3 is 13.8 Å². The second-order valence-corrected chi connectivity index (χ2v) is 24.0. The summed E-state index contributed by atoms with van der Waals surface area (Å²) >= 11 is 0. The molecule has 0 aromatic heterocycles. The molecule has 0 aliphatic carbocycles. The smallest absolute Gasteiger partial charge is 0.456 e. The van der Waals surface area contributed by atoms with Crippen LogP contribution in [0.25, 0.3) is 0 Å². The van der Waals surface area contributed by atoms with E-state index < -0.39 is 20.0 Å². The van der Waals surface area contributed by atoms with Crippen molar-refractivity contribution < 1.29 is 37.3 Å². The van der Waals surface area contributed by atoms with E-state index >= 15 is 0 Å². The van der Waals surface area contributed by atoms with Crippen molar-refractivity contribution in [3.05, 3.63) is 97.2 Å². The number of carbonyl (C=O) groups is 2. The Labute approximate surface area is 481 Å². The summed E-state index contributed by atoms with van der Waals surface area (Å²) in [4.78, 5) is 37.8. The number of nitrogens with one attached hydrogen (secondary N) is 1. The topological polar surface area (TPSA) is 111 Å². The first-order chi connectivity index (χ1) is 37.9. The second kappa shape index (κ2) is 57.2. The van der Waals surface area contributed by atoms with Crippen molar-refractivity contribution in [2.24, 2.45) is 0 Å². The number of quaternary nitrogens is 1. The number of hydrogen-bond donors (Lipinski definition) is 2. The highest BCUT2D eigenvalue weighted by atomic mass is 31.2. The zero-order valence-electron chi connectivity index (χ0n) is 51.4. The highest BCUT2D eigenvalue weighted by molar-refractivity contribution is 7.47. The molecule has 0 aliphatic heterocycles. The molecule has 0 saturated heterocycles. The van der Waals surface area contributed by atoms with Gasteiger partial charge in [-0.3, -0.25) is 18.6 Å². The summed E-state index contributed by atoms with van der Waals surface area (Å²) in [7, 11) is 1.46. The molecular formula is C68H122N2O7P+. The monoisotopic (exact) mass is 1110 g/mol. The van der Waals surface area contributed by atoms with Gasteiger partial charge in [-0.25, -0.2) is 4.57 Å². The number of unbranched alkanes of at least 4 members (excludes halogenated alkanes) is 27.